The molecule has 0 aromatic rings. The maximum absolute atomic E-state index is 9.82. The van der Waals surface area contributed by atoms with Crippen LogP contribution in [0.15, 0.2) is 4.99 Å². The second-order valence-electron chi connectivity index (χ2n) is 1.23. The number of aliphatic imine (C=N–C) groups is 1. The van der Waals surface area contributed by atoms with Gasteiger partial charge in [-0.3, -0.25) is 0 Å². The molecule has 0 aliphatic heterocycles. The zero-order valence-electron chi connectivity index (χ0n) is 4.62. The summed E-state index contributed by atoms with van der Waals surface area (Å²) in [5.41, 5.74) is 0. The van der Waals surface area contributed by atoms with Crippen LogP contribution >= 0.6 is 0 Å². The smallest absolute Gasteiger partial charge is 0.329 e. The number of carbonyl (C=O) groups is 1. The Balaban J connectivity index is 0. The SMILES string of the molecule is C[C@H](N=C=O)C(=O)O.[Co]. The van der Waals surface area contributed by atoms with Crippen molar-refractivity contribution in [2.75, 3.05) is 0 Å². The molecule has 0 fully saturated rings. The Morgan fingerprint density at radius 3 is 2.33 bits per heavy atom. The van der Waals surface area contributed by atoms with Gasteiger partial charge in [0.25, 0.3) is 0 Å². The summed E-state index contributed by atoms with van der Waals surface area (Å²) in [6.45, 7) is 1.30. The molecule has 1 N–H and O–H groups in total. The molecule has 0 spiro atoms. The van der Waals surface area contributed by atoms with E-state index in [9.17, 15) is 9.59 Å². The Hall–Kier alpha value is -0.644. The van der Waals surface area contributed by atoms with Gasteiger partial charge in [0.2, 0.25) is 6.08 Å². The average Bonchev–Trinajstić information content (AvgIpc) is 1.67. The van der Waals surface area contributed by atoms with Crippen LogP contribution in [0.2, 0.25) is 0 Å². The summed E-state index contributed by atoms with van der Waals surface area (Å²) in [5.74, 6) is -1.12. The summed E-state index contributed by atoms with van der Waals surface area (Å²) in [5, 5.41) is 8.04. The molecule has 0 bridgehead atoms. The summed E-state index contributed by atoms with van der Waals surface area (Å²) in [6.07, 6.45) is 1.14. The molecule has 0 saturated carbocycles. The van der Waals surface area contributed by atoms with Gasteiger partial charge in [0.15, 0.2) is 6.04 Å². The number of carboxylic acid groups (broad SMARTS) is 1. The van der Waals surface area contributed by atoms with E-state index in [2.05, 4.69) is 4.99 Å². The van der Waals surface area contributed by atoms with Crippen LogP contribution in [0.5, 0.6) is 0 Å². The van der Waals surface area contributed by atoms with Crippen LogP contribution < -0.4 is 0 Å². The van der Waals surface area contributed by atoms with Gasteiger partial charge in [0.1, 0.15) is 0 Å². The van der Waals surface area contributed by atoms with E-state index in [-0.39, 0.29) is 16.8 Å². The minimum Gasteiger partial charge on any atom is -0.480 e. The van der Waals surface area contributed by atoms with E-state index < -0.39 is 12.0 Å². The van der Waals surface area contributed by atoms with Crippen molar-refractivity contribution in [1.82, 2.24) is 0 Å². The Bertz CT molecular complexity index is 139. The normalized spacial score (nSPS) is 10.3. The minimum absolute atomic E-state index is 0. The third-order valence-corrected chi connectivity index (χ3v) is 0.604. The summed E-state index contributed by atoms with van der Waals surface area (Å²) in [4.78, 5) is 22.1. The predicted octanol–water partition coefficient (Wildman–Crippen LogP) is -0.207. The van der Waals surface area contributed by atoms with Crippen molar-refractivity contribution < 1.29 is 31.5 Å². The van der Waals surface area contributed by atoms with Gasteiger partial charge in [-0.1, -0.05) is 0 Å². The molecule has 1 atom stereocenters. The van der Waals surface area contributed by atoms with E-state index in [0.717, 1.165) is 6.08 Å². The summed E-state index contributed by atoms with van der Waals surface area (Å²) < 4.78 is 0. The molecule has 0 aromatic carbocycles. The van der Waals surface area contributed by atoms with Crippen molar-refractivity contribution in [2.45, 2.75) is 13.0 Å². The van der Waals surface area contributed by atoms with Gasteiger partial charge in [0.05, 0.1) is 0 Å². The second kappa shape index (κ2) is 5.49. The Kier molecular flexibility index (Phi) is 6.83. The number of hydrogen-bond acceptors (Lipinski definition) is 3. The van der Waals surface area contributed by atoms with E-state index in [1.54, 1.807) is 0 Å². The van der Waals surface area contributed by atoms with Crippen LogP contribution in [-0.2, 0) is 26.4 Å². The van der Waals surface area contributed by atoms with E-state index in [1.807, 2.05) is 0 Å². The molecule has 9 heavy (non-hydrogen) atoms. The average molecular weight is 174 g/mol. The van der Waals surface area contributed by atoms with Crippen molar-refractivity contribution in [3.63, 3.8) is 0 Å². The van der Waals surface area contributed by atoms with E-state index in [1.165, 1.54) is 6.92 Å². The molecule has 0 aliphatic rings. The van der Waals surface area contributed by atoms with Crippen LogP contribution in [0.3, 0.4) is 0 Å². The van der Waals surface area contributed by atoms with Crippen LogP contribution in [-0.4, -0.2) is 23.2 Å². The predicted molar refractivity (Wildman–Crippen MR) is 25.2 cm³/mol. The number of nitrogens with zero attached hydrogens (tertiary/aromatic N) is 1. The first-order valence-electron chi connectivity index (χ1n) is 1.98. The number of carboxylic acids is 1. The Morgan fingerprint density at radius 2 is 2.22 bits per heavy atom. The molecule has 0 unspecified atom stereocenters. The molecule has 0 heterocycles. The second-order valence-corrected chi connectivity index (χ2v) is 1.23. The first-order chi connectivity index (χ1) is 3.68. The van der Waals surface area contributed by atoms with Crippen LogP contribution in [0.25, 0.3) is 0 Å². The molecule has 1 radical (unpaired) electrons. The molecule has 0 aliphatic carbocycles. The first kappa shape index (κ1) is 11.2. The van der Waals surface area contributed by atoms with Crippen LogP contribution in [0.4, 0.5) is 0 Å². The molecule has 4 nitrogen and oxygen atoms in total. The fourth-order valence-corrected chi connectivity index (χ4v) is 0.134. The zero-order chi connectivity index (χ0) is 6.57. The zero-order valence-corrected chi connectivity index (χ0v) is 5.66. The van der Waals surface area contributed by atoms with E-state index in [4.69, 9.17) is 5.11 Å². The Labute approximate surface area is 62.2 Å². The molecule has 0 aromatic heterocycles. The van der Waals surface area contributed by atoms with E-state index in [0.29, 0.717) is 0 Å². The van der Waals surface area contributed by atoms with Gasteiger partial charge in [-0.2, -0.15) is 4.99 Å². The third kappa shape index (κ3) is 5.22. The molecule has 5 heteroatoms. The van der Waals surface area contributed by atoms with Crippen molar-refractivity contribution in [1.29, 1.82) is 0 Å². The minimum atomic E-state index is -1.12. The summed E-state index contributed by atoms with van der Waals surface area (Å²) in [7, 11) is 0. The molecule has 0 saturated heterocycles. The van der Waals surface area contributed by atoms with Crippen LogP contribution in [0.1, 0.15) is 6.92 Å². The fraction of sp³-hybridized carbons (Fsp3) is 0.500. The summed E-state index contributed by atoms with van der Waals surface area (Å²) in [6, 6.07) is -0.965. The molecular weight excluding hydrogens is 169 g/mol. The number of carbonyl (C=O) groups excluding carboxylic acids is 1. The molecular formula is C4H5CoNO3. The number of rotatable bonds is 2. The molecule has 0 rings (SSSR count). The number of isocyanates is 1. The van der Waals surface area contributed by atoms with Gasteiger partial charge in [-0.25, -0.2) is 9.59 Å². The van der Waals surface area contributed by atoms with Crippen molar-refractivity contribution in [2.24, 2.45) is 4.99 Å². The first-order valence-corrected chi connectivity index (χ1v) is 1.98. The van der Waals surface area contributed by atoms with Crippen LogP contribution in [0, 0.1) is 0 Å². The van der Waals surface area contributed by atoms with Gasteiger partial charge < -0.3 is 5.11 Å². The van der Waals surface area contributed by atoms with Crippen molar-refractivity contribution in [3.05, 3.63) is 0 Å². The van der Waals surface area contributed by atoms with Crippen molar-refractivity contribution in [3.8, 4) is 0 Å². The quantitative estimate of drug-likeness (QED) is 0.465. The van der Waals surface area contributed by atoms with Gasteiger partial charge in [-0.15, -0.1) is 0 Å². The molecule has 53 valence electrons. The maximum Gasteiger partial charge on any atom is 0.329 e. The topological polar surface area (TPSA) is 66.7 Å². The van der Waals surface area contributed by atoms with E-state index >= 15 is 0 Å². The van der Waals surface area contributed by atoms with Gasteiger partial charge in [0, 0.05) is 16.8 Å². The third-order valence-electron chi connectivity index (χ3n) is 0.604. The standard InChI is InChI=1S/C4H5NO3.Co/c1-3(4(7)8)5-2-6;/h3H,1H3,(H,7,8);/t3-;/m0./s1. The fourth-order valence-electron chi connectivity index (χ4n) is 0.134. The van der Waals surface area contributed by atoms with Crippen molar-refractivity contribution >= 4 is 12.0 Å². The van der Waals surface area contributed by atoms with Gasteiger partial charge >= 0.3 is 5.97 Å². The Morgan fingerprint density at radius 1 is 1.78 bits per heavy atom. The molecule has 0 amide bonds. The summed E-state index contributed by atoms with van der Waals surface area (Å²) >= 11 is 0. The number of aliphatic carboxylic acids is 1. The van der Waals surface area contributed by atoms with Gasteiger partial charge in [-0.05, 0) is 6.92 Å². The largest absolute Gasteiger partial charge is 0.480 e. The monoisotopic (exact) mass is 174 g/mol. The number of hydrogen-bond donors (Lipinski definition) is 1. The maximum atomic E-state index is 9.82.